The number of ether oxygens (including phenoxy) is 2. The van der Waals surface area contributed by atoms with E-state index in [4.69, 9.17) is 9.47 Å². The summed E-state index contributed by atoms with van der Waals surface area (Å²) in [5, 5.41) is 9.81. The predicted octanol–water partition coefficient (Wildman–Crippen LogP) is 1.37. The minimum atomic E-state index is -1.32. The van der Waals surface area contributed by atoms with Crippen molar-refractivity contribution < 1.29 is 29.0 Å². The number of aliphatic hydroxyl groups excluding tert-OH is 1. The van der Waals surface area contributed by atoms with Gasteiger partial charge in [-0.2, -0.15) is 0 Å². The normalized spacial score (nSPS) is 33.4. The van der Waals surface area contributed by atoms with Gasteiger partial charge in [-0.25, -0.2) is 0 Å². The van der Waals surface area contributed by atoms with Crippen LogP contribution in [0.3, 0.4) is 0 Å². The van der Waals surface area contributed by atoms with Crippen LogP contribution >= 0.6 is 0 Å². The molecule has 5 rings (SSSR count). The van der Waals surface area contributed by atoms with Gasteiger partial charge in [0.15, 0.2) is 0 Å². The number of anilines is 1. The van der Waals surface area contributed by atoms with Crippen molar-refractivity contribution >= 4 is 23.4 Å². The zero-order valence-electron chi connectivity index (χ0n) is 20.9. The molecule has 5 atom stereocenters. The van der Waals surface area contributed by atoms with Gasteiger partial charge < -0.3 is 29.3 Å². The number of amides is 3. The number of hydrogen-bond acceptors (Lipinski definition) is 6. The average molecular weight is 496 g/mol. The first-order chi connectivity index (χ1) is 17.3. The number of nitrogens with zero attached hydrogens (tertiary/aromatic N) is 3. The quantitative estimate of drug-likeness (QED) is 0.599. The van der Waals surface area contributed by atoms with Crippen LogP contribution in [0.4, 0.5) is 5.69 Å². The Labute approximate surface area is 210 Å². The third-order valence-electron chi connectivity index (χ3n) is 7.86. The van der Waals surface area contributed by atoms with E-state index in [1.165, 1.54) is 4.90 Å². The summed E-state index contributed by atoms with van der Waals surface area (Å²) in [7, 11) is 1.58. The van der Waals surface area contributed by atoms with Crippen LogP contribution in [0.1, 0.15) is 20.3 Å². The highest BCUT2D eigenvalue weighted by molar-refractivity contribution is 6.06. The summed E-state index contributed by atoms with van der Waals surface area (Å²) in [5.41, 5.74) is -1.70. The van der Waals surface area contributed by atoms with E-state index in [1.54, 1.807) is 41.2 Å². The maximum Gasteiger partial charge on any atom is 0.253 e. The molecular weight excluding hydrogens is 462 g/mol. The molecule has 3 amide bonds. The maximum atomic E-state index is 14.2. The predicted molar refractivity (Wildman–Crippen MR) is 132 cm³/mol. The summed E-state index contributed by atoms with van der Waals surface area (Å²) >= 11 is 0. The van der Waals surface area contributed by atoms with Crippen molar-refractivity contribution in [3.05, 3.63) is 48.6 Å². The fraction of sp³-hybridized carbons (Fsp3) is 0.519. The van der Waals surface area contributed by atoms with Gasteiger partial charge in [0.05, 0.1) is 31.2 Å². The van der Waals surface area contributed by atoms with E-state index in [9.17, 15) is 19.5 Å². The first-order valence-electron chi connectivity index (χ1n) is 12.5. The zero-order valence-corrected chi connectivity index (χ0v) is 20.9. The maximum absolute atomic E-state index is 14.2. The van der Waals surface area contributed by atoms with E-state index in [1.807, 2.05) is 38.2 Å². The van der Waals surface area contributed by atoms with Crippen molar-refractivity contribution in [2.75, 3.05) is 44.8 Å². The third kappa shape index (κ3) is 3.48. The lowest BCUT2D eigenvalue weighted by molar-refractivity contribution is -0.148. The van der Waals surface area contributed by atoms with Gasteiger partial charge in [0.1, 0.15) is 17.4 Å². The number of rotatable bonds is 6. The second-order valence-electron chi connectivity index (χ2n) is 9.99. The second kappa shape index (κ2) is 9.05. The van der Waals surface area contributed by atoms with E-state index in [0.29, 0.717) is 24.5 Å². The van der Waals surface area contributed by atoms with Gasteiger partial charge in [-0.1, -0.05) is 31.2 Å². The summed E-state index contributed by atoms with van der Waals surface area (Å²) < 4.78 is 12.0. The lowest BCUT2D eigenvalue weighted by Crippen LogP contribution is -2.56. The summed E-state index contributed by atoms with van der Waals surface area (Å²) in [5.74, 6) is -1.76. The molecule has 9 nitrogen and oxygen atoms in total. The number of carbonyl (C=O) groups is 3. The van der Waals surface area contributed by atoms with Crippen LogP contribution in [0, 0.1) is 11.8 Å². The van der Waals surface area contributed by atoms with Crippen molar-refractivity contribution in [3.8, 4) is 5.75 Å². The highest BCUT2D eigenvalue weighted by atomic mass is 16.5. The number of carbonyl (C=O) groups excluding carboxylic acids is 3. The number of hydrogen-bond donors (Lipinski definition) is 1. The Balaban J connectivity index is 1.61. The van der Waals surface area contributed by atoms with Crippen molar-refractivity contribution in [3.63, 3.8) is 0 Å². The fourth-order valence-corrected chi connectivity index (χ4v) is 6.38. The Morgan fingerprint density at radius 3 is 2.39 bits per heavy atom. The van der Waals surface area contributed by atoms with Crippen molar-refractivity contribution in [1.29, 1.82) is 0 Å². The standard InChI is InChI=1S/C27H33N3O6/c1-4-13-28-14-5-11-26(2)20(23(28)32)21-24(33)30(16-17-31)22-25(34)29(15-6-12-27(21,22)36-26)18-7-9-19(35-3)10-8-18/h5-12,20-22,31H,4,13-17H2,1-3H3/t20-,21+,22?,26+,27+/m1/s1. The van der Waals surface area contributed by atoms with Crippen LogP contribution in [-0.2, 0) is 19.1 Å². The van der Waals surface area contributed by atoms with Crippen molar-refractivity contribution in [2.24, 2.45) is 11.8 Å². The zero-order chi connectivity index (χ0) is 25.7. The van der Waals surface area contributed by atoms with E-state index < -0.39 is 29.1 Å². The molecule has 4 aliphatic rings. The monoisotopic (exact) mass is 495 g/mol. The number of aliphatic hydroxyl groups is 1. The molecule has 1 aromatic carbocycles. The molecule has 1 aromatic rings. The van der Waals surface area contributed by atoms with Crippen LogP contribution in [-0.4, -0.2) is 89.8 Å². The Morgan fingerprint density at radius 2 is 1.72 bits per heavy atom. The van der Waals surface area contributed by atoms with Gasteiger partial charge in [0.25, 0.3) is 5.91 Å². The third-order valence-corrected chi connectivity index (χ3v) is 7.86. The van der Waals surface area contributed by atoms with Crippen molar-refractivity contribution in [2.45, 2.75) is 37.5 Å². The minimum absolute atomic E-state index is 0.0206. The van der Waals surface area contributed by atoms with E-state index >= 15 is 0 Å². The molecule has 2 saturated heterocycles. The van der Waals surface area contributed by atoms with Crippen LogP contribution in [0.5, 0.6) is 5.75 Å². The number of β-amino-alcohol motifs (C(OH)–C–C–N with tert-alkyl or cyclic N) is 1. The molecule has 0 bridgehead atoms. The number of benzene rings is 1. The molecular formula is C27H33N3O6. The number of methoxy groups -OCH3 is 1. The molecule has 4 heterocycles. The molecule has 0 aliphatic carbocycles. The molecule has 1 unspecified atom stereocenters. The Morgan fingerprint density at radius 1 is 1.00 bits per heavy atom. The molecule has 1 spiro atoms. The Kier molecular flexibility index (Phi) is 6.16. The molecule has 0 saturated carbocycles. The van der Waals surface area contributed by atoms with Crippen LogP contribution in [0.2, 0.25) is 0 Å². The van der Waals surface area contributed by atoms with Crippen LogP contribution in [0.15, 0.2) is 48.6 Å². The molecule has 0 radical (unpaired) electrons. The van der Waals surface area contributed by atoms with Gasteiger partial charge >= 0.3 is 0 Å². The SMILES string of the molecule is CCCN1CC=C[C@]2(C)O[C@]34C=CCN(c5ccc(OC)cc5)C(=O)C3N(CCO)C(=O)[C@@H]4[C@@H]2C1=O. The minimum Gasteiger partial charge on any atom is -0.497 e. The van der Waals surface area contributed by atoms with Crippen molar-refractivity contribution in [1.82, 2.24) is 9.80 Å². The highest BCUT2D eigenvalue weighted by Crippen LogP contribution is 2.57. The van der Waals surface area contributed by atoms with Gasteiger partial charge in [0, 0.05) is 31.9 Å². The lowest BCUT2D eigenvalue weighted by Gasteiger charge is -2.37. The van der Waals surface area contributed by atoms with E-state index in [-0.39, 0.29) is 37.4 Å². The van der Waals surface area contributed by atoms with Crippen LogP contribution in [0.25, 0.3) is 0 Å². The number of fused-ring (bicyclic) bond motifs is 2. The topological polar surface area (TPSA) is 99.6 Å². The molecule has 0 aromatic heterocycles. The molecule has 2 fully saturated rings. The molecule has 192 valence electrons. The molecule has 36 heavy (non-hydrogen) atoms. The summed E-state index contributed by atoms with van der Waals surface area (Å²) in [6.45, 7) is 4.84. The largest absolute Gasteiger partial charge is 0.497 e. The highest BCUT2D eigenvalue weighted by Gasteiger charge is 2.74. The van der Waals surface area contributed by atoms with Gasteiger partial charge in [0.2, 0.25) is 11.8 Å². The average Bonchev–Trinajstić information content (AvgIpc) is 3.13. The first kappa shape index (κ1) is 24.5. The van der Waals surface area contributed by atoms with E-state index in [0.717, 1.165) is 6.42 Å². The molecule has 4 aliphatic heterocycles. The Hall–Kier alpha value is -3.17. The first-order valence-corrected chi connectivity index (χ1v) is 12.5. The van der Waals surface area contributed by atoms with Gasteiger partial charge in [-0.3, -0.25) is 14.4 Å². The summed E-state index contributed by atoms with van der Waals surface area (Å²) in [6.07, 6.45) is 8.25. The van der Waals surface area contributed by atoms with Gasteiger partial charge in [-0.15, -0.1) is 0 Å². The molecule has 1 N–H and O–H groups in total. The lowest BCUT2D eigenvalue weighted by atomic mass is 9.74. The second-order valence-corrected chi connectivity index (χ2v) is 9.99. The Bertz CT molecular complexity index is 1120. The molecule has 9 heteroatoms. The van der Waals surface area contributed by atoms with Crippen LogP contribution < -0.4 is 9.64 Å². The fourth-order valence-electron chi connectivity index (χ4n) is 6.38. The summed E-state index contributed by atoms with van der Waals surface area (Å²) in [4.78, 5) is 46.7. The summed E-state index contributed by atoms with van der Waals surface area (Å²) in [6, 6.07) is 6.13. The smallest absolute Gasteiger partial charge is 0.253 e. The van der Waals surface area contributed by atoms with E-state index in [2.05, 4.69) is 0 Å². The van der Waals surface area contributed by atoms with Gasteiger partial charge in [-0.05, 0) is 37.6 Å². The number of likely N-dealkylation sites (tertiary alicyclic amines) is 1.